The molecule has 6 heteroatoms. The van der Waals surface area contributed by atoms with Crippen molar-refractivity contribution in [2.75, 3.05) is 13.6 Å². The number of carbonyl (C=O) groups is 2. The van der Waals surface area contributed by atoms with Crippen molar-refractivity contribution in [2.45, 2.75) is 19.9 Å². The third-order valence-electron chi connectivity index (χ3n) is 2.15. The molecule has 5 nitrogen and oxygen atoms in total. The quantitative estimate of drug-likeness (QED) is 0.839. The van der Waals surface area contributed by atoms with Crippen molar-refractivity contribution >= 4 is 23.4 Å². The van der Waals surface area contributed by atoms with Crippen LogP contribution in [0, 0.1) is 0 Å². The second-order valence-corrected chi connectivity index (χ2v) is 4.64. The summed E-state index contributed by atoms with van der Waals surface area (Å²) >= 11 is 5.71. The standard InChI is InChI=1S/C12H16ClN3O2/c1-8(2)15-11(17)7-16(3)12(18)9-4-5-14-10(13)6-9/h4-6,8H,7H2,1-3H3,(H,15,17). The van der Waals surface area contributed by atoms with E-state index in [1.54, 1.807) is 13.1 Å². The average Bonchev–Trinajstić information content (AvgIpc) is 2.26. The lowest BCUT2D eigenvalue weighted by atomic mass is 10.2. The number of nitrogens with zero attached hydrogens (tertiary/aromatic N) is 2. The first kappa shape index (κ1) is 14.4. The van der Waals surface area contributed by atoms with Gasteiger partial charge in [0.05, 0.1) is 6.54 Å². The molecular weight excluding hydrogens is 254 g/mol. The third-order valence-corrected chi connectivity index (χ3v) is 2.36. The van der Waals surface area contributed by atoms with Gasteiger partial charge in [0.25, 0.3) is 5.91 Å². The van der Waals surface area contributed by atoms with Crippen LogP contribution in [0.5, 0.6) is 0 Å². The largest absolute Gasteiger partial charge is 0.352 e. The van der Waals surface area contributed by atoms with Crippen molar-refractivity contribution in [3.8, 4) is 0 Å². The summed E-state index contributed by atoms with van der Waals surface area (Å²) in [6, 6.07) is 3.09. The first-order valence-electron chi connectivity index (χ1n) is 5.56. The molecule has 0 radical (unpaired) electrons. The monoisotopic (exact) mass is 269 g/mol. The molecule has 0 saturated carbocycles. The number of rotatable bonds is 4. The van der Waals surface area contributed by atoms with Crippen LogP contribution in [0.2, 0.25) is 5.15 Å². The summed E-state index contributed by atoms with van der Waals surface area (Å²) in [5.74, 6) is -0.459. The Balaban J connectivity index is 2.64. The van der Waals surface area contributed by atoms with Crippen molar-refractivity contribution in [3.05, 3.63) is 29.0 Å². The second-order valence-electron chi connectivity index (χ2n) is 4.25. The van der Waals surface area contributed by atoms with Crippen LogP contribution in [0.3, 0.4) is 0 Å². The Bertz CT molecular complexity index is 449. The van der Waals surface area contributed by atoms with Gasteiger partial charge in [-0.05, 0) is 26.0 Å². The van der Waals surface area contributed by atoms with Gasteiger partial charge in [-0.25, -0.2) is 4.98 Å². The van der Waals surface area contributed by atoms with Crippen molar-refractivity contribution in [1.29, 1.82) is 0 Å². The molecule has 0 bridgehead atoms. The molecule has 0 aromatic carbocycles. The highest BCUT2D eigenvalue weighted by Crippen LogP contribution is 2.09. The van der Waals surface area contributed by atoms with Crippen LogP contribution >= 0.6 is 11.6 Å². The number of halogens is 1. The molecule has 18 heavy (non-hydrogen) atoms. The Hall–Kier alpha value is -1.62. The zero-order valence-electron chi connectivity index (χ0n) is 10.6. The van der Waals surface area contributed by atoms with E-state index in [2.05, 4.69) is 10.3 Å². The van der Waals surface area contributed by atoms with Gasteiger partial charge in [-0.1, -0.05) is 11.6 Å². The summed E-state index contributed by atoms with van der Waals surface area (Å²) in [5, 5.41) is 2.97. The Labute approximate surface area is 111 Å². The zero-order chi connectivity index (χ0) is 13.7. The number of nitrogens with one attached hydrogen (secondary N) is 1. The maximum atomic E-state index is 12.0. The van der Waals surface area contributed by atoms with E-state index in [1.165, 1.54) is 17.2 Å². The van der Waals surface area contributed by atoms with Crippen LogP contribution in [0.4, 0.5) is 0 Å². The number of hydrogen-bond acceptors (Lipinski definition) is 3. The summed E-state index contributed by atoms with van der Waals surface area (Å²) in [4.78, 5) is 28.6. The Morgan fingerprint density at radius 3 is 2.72 bits per heavy atom. The molecule has 98 valence electrons. The average molecular weight is 270 g/mol. The first-order chi connectivity index (χ1) is 8.40. The summed E-state index contributed by atoms with van der Waals surface area (Å²) in [5.41, 5.74) is 0.412. The summed E-state index contributed by atoms with van der Waals surface area (Å²) in [6.45, 7) is 3.74. The lowest BCUT2D eigenvalue weighted by molar-refractivity contribution is -0.122. The minimum Gasteiger partial charge on any atom is -0.352 e. The maximum absolute atomic E-state index is 12.0. The molecule has 0 atom stereocenters. The van der Waals surface area contributed by atoms with Crippen molar-refractivity contribution in [2.24, 2.45) is 0 Å². The molecule has 2 amide bonds. The van der Waals surface area contributed by atoms with E-state index >= 15 is 0 Å². The first-order valence-corrected chi connectivity index (χ1v) is 5.94. The molecule has 0 fully saturated rings. The predicted octanol–water partition coefficient (Wildman–Crippen LogP) is 1.33. The molecule has 0 aliphatic rings. The van der Waals surface area contributed by atoms with E-state index in [0.717, 1.165) is 0 Å². The van der Waals surface area contributed by atoms with E-state index in [4.69, 9.17) is 11.6 Å². The summed E-state index contributed by atoms with van der Waals surface area (Å²) < 4.78 is 0. The Morgan fingerprint density at radius 2 is 2.17 bits per heavy atom. The summed E-state index contributed by atoms with van der Waals surface area (Å²) in [6.07, 6.45) is 1.46. The fraction of sp³-hybridized carbons (Fsp3) is 0.417. The van der Waals surface area contributed by atoms with E-state index in [9.17, 15) is 9.59 Å². The number of hydrogen-bond donors (Lipinski definition) is 1. The Kier molecular flexibility index (Phi) is 5.09. The van der Waals surface area contributed by atoms with E-state index in [-0.39, 0.29) is 29.6 Å². The normalized spacial score (nSPS) is 10.3. The van der Waals surface area contributed by atoms with Crippen LogP contribution in [0.1, 0.15) is 24.2 Å². The van der Waals surface area contributed by atoms with Crippen molar-refractivity contribution < 1.29 is 9.59 Å². The number of aromatic nitrogens is 1. The molecule has 0 spiro atoms. The van der Waals surface area contributed by atoms with Gasteiger partial charge in [0.2, 0.25) is 5.91 Å². The Morgan fingerprint density at radius 1 is 1.50 bits per heavy atom. The van der Waals surface area contributed by atoms with Gasteiger partial charge in [0, 0.05) is 24.8 Å². The van der Waals surface area contributed by atoms with E-state index in [0.29, 0.717) is 5.56 Å². The van der Waals surface area contributed by atoms with Gasteiger partial charge in [-0.15, -0.1) is 0 Å². The fourth-order valence-electron chi connectivity index (χ4n) is 1.41. The van der Waals surface area contributed by atoms with Gasteiger partial charge in [0.1, 0.15) is 5.15 Å². The molecule has 0 aliphatic heterocycles. The van der Waals surface area contributed by atoms with Crippen molar-refractivity contribution in [3.63, 3.8) is 0 Å². The second kappa shape index (κ2) is 6.35. The SMILES string of the molecule is CC(C)NC(=O)CN(C)C(=O)c1ccnc(Cl)c1. The highest BCUT2D eigenvalue weighted by Gasteiger charge is 2.15. The van der Waals surface area contributed by atoms with E-state index < -0.39 is 0 Å². The number of likely N-dealkylation sites (N-methyl/N-ethyl adjacent to an activating group) is 1. The number of pyridine rings is 1. The lowest BCUT2D eigenvalue weighted by Crippen LogP contribution is -2.40. The lowest BCUT2D eigenvalue weighted by Gasteiger charge is -2.17. The maximum Gasteiger partial charge on any atom is 0.254 e. The molecule has 0 saturated heterocycles. The molecule has 1 aromatic rings. The highest BCUT2D eigenvalue weighted by molar-refractivity contribution is 6.29. The minimum absolute atomic E-state index is 0.0109. The van der Waals surface area contributed by atoms with Gasteiger partial charge in [-0.2, -0.15) is 0 Å². The highest BCUT2D eigenvalue weighted by atomic mass is 35.5. The molecule has 1 rings (SSSR count). The van der Waals surface area contributed by atoms with Crippen molar-refractivity contribution in [1.82, 2.24) is 15.2 Å². The van der Waals surface area contributed by atoms with E-state index in [1.807, 2.05) is 13.8 Å². The molecule has 0 unspecified atom stereocenters. The predicted molar refractivity (Wildman–Crippen MR) is 69.5 cm³/mol. The minimum atomic E-state index is -0.266. The van der Waals surface area contributed by atoms with Gasteiger partial charge in [0.15, 0.2) is 0 Å². The smallest absolute Gasteiger partial charge is 0.254 e. The molecule has 1 N–H and O–H groups in total. The molecular formula is C12H16ClN3O2. The van der Waals surface area contributed by atoms with Crippen LogP contribution < -0.4 is 5.32 Å². The fourth-order valence-corrected chi connectivity index (χ4v) is 1.58. The number of carbonyl (C=O) groups excluding carboxylic acids is 2. The summed E-state index contributed by atoms with van der Waals surface area (Å²) in [7, 11) is 1.57. The van der Waals surface area contributed by atoms with Gasteiger partial charge >= 0.3 is 0 Å². The van der Waals surface area contributed by atoms with Gasteiger partial charge in [-0.3, -0.25) is 9.59 Å². The number of amides is 2. The van der Waals surface area contributed by atoms with Crippen LogP contribution in [0.15, 0.2) is 18.3 Å². The van der Waals surface area contributed by atoms with Crippen LogP contribution in [0.25, 0.3) is 0 Å². The molecule has 1 aromatic heterocycles. The van der Waals surface area contributed by atoms with Crippen LogP contribution in [-0.4, -0.2) is 41.3 Å². The zero-order valence-corrected chi connectivity index (χ0v) is 11.4. The van der Waals surface area contributed by atoms with Crippen LogP contribution in [-0.2, 0) is 4.79 Å². The van der Waals surface area contributed by atoms with Gasteiger partial charge < -0.3 is 10.2 Å². The molecule has 0 aliphatic carbocycles. The topological polar surface area (TPSA) is 62.3 Å². The molecule has 1 heterocycles. The third kappa shape index (κ3) is 4.33.